The van der Waals surface area contributed by atoms with E-state index in [1.807, 2.05) is 11.4 Å². The molecule has 3 N–H and O–H groups in total. The maximum atomic E-state index is 6.09. The molecule has 86 valence electrons. The molecule has 0 spiro atoms. The standard InChI is InChI=1S/C11H13ClN2S2/c12-9-5-7-16-11(9)10(14-13)4-3-8-2-1-6-15-8/h1-2,5-7,10,14H,3-4,13H2. The number of halogens is 1. The molecular weight excluding hydrogens is 260 g/mol. The lowest BCUT2D eigenvalue weighted by molar-refractivity contribution is 0.526. The lowest BCUT2D eigenvalue weighted by Gasteiger charge is -2.14. The topological polar surface area (TPSA) is 38.0 Å². The van der Waals surface area contributed by atoms with Gasteiger partial charge in [-0.15, -0.1) is 22.7 Å². The van der Waals surface area contributed by atoms with Crippen molar-refractivity contribution >= 4 is 34.3 Å². The number of hydrogen-bond donors (Lipinski definition) is 2. The molecule has 1 unspecified atom stereocenters. The van der Waals surface area contributed by atoms with Crippen molar-refractivity contribution in [3.8, 4) is 0 Å². The summed E-state index contributed by atoms with van der Waals surface area (Å²) < 4.78 is 0. The molecule has 0 saturated carbocycles. The number of aryl methyl sites for hydroxylation is 1. The van der Waals surface area contributed by atoms with Gasteiger partial charge in [0.25, 0.3) is 0 Å². The lowest BCUT2D eigenvalue weighted by Crippen LogP contribution is -2.27. The molecule has 0 fully saturated rings. The van der Waals surface area contributed by atoms with Crippen LogP contribution in [-0.4, -0.2) is 0 Å². The van der Waals surface area contributed by atoms with Gasteiger partial charge in [0.1, 0.15) is 0 Å². The van der Waals surface area contributed by atoms with Gasteiger partial charge in [-0.25, -0.2) is 0 Å². The Morgan fingerprint density at radius 2 is 2.19 bits per heavy atom. The summed E-state index contributed by atoms with van der Waals surface area (Å²) in [4.78, 5) is 2.51. The minimum atomic E-state index is 0.148. The summed E-state index contributed by atoms with van der Waals surface area (Å²) in [5.74, 6) is 5.57. The van der Waals surface area contributed by atoms with Crippen LogP contribution in [0.4, 0.5) is 0 Å². The van der Waals surface area contributed by atoms with Crippen LogP contribution in [0, 0.1) is 0 Å². The van der Waals surface area contributed by atoms with Crippen LogP contribution >= 0.6 is 34.3 Å². The van der Waals surface area contributed by atoms with E-state index in [4.69, 9.17) is 17.4 Å². The fraction of sp³-hybridized carbons (Fsp3) is 0.273. The number of hydrogen-bond acceptors (Lipinski definition) is 4. The minimum Gasteiger partial charge on any atom is -0.271 e. The molecule has 0 aliphatic heterocycles. The highest BCUT2D eigenvalue weighted by atomic mass is 35.5. The van der Waals surface area contributed by atoms with Crippen LogP contribution in [0.25, 0.3) is 0 Å². The van der Waals surface area contributed by atoms with Crippen molar-refractivity contribution in [2.45, 2.75) is 18.9 Å². The third kappa shape index (κ3) is 2.84. The van der Waals surface area contributed by atoms with Crippen molar-refractivity contribution in [2.24, 2.45) is 5.84 Å². The van der Waals surface area contributed by atoms with Gasteiger partial charge in [0.2, 0.25) is 0 Å². The Bertz CT molecular complexity index is 425. The van der Waals surface area contributed by atoms with Crippen molar-refractivity contribution in [3.05, 3.63) is 43.7 Å². The molecule has 2 nitrogen and oxygen atoms in total. The number of hydrazine groups is 1. The Balaban J connectivity index is 1.99. The molecule has 2 aromatic rings. The predicted octanol–water partition coefficient (Wildman–Crippen LogP) is 3.60. The summed E-state index contributed by atoms with van der Waals surface area (Å²) in [7, 11) is 0. The summed E-state index contributed by atoms with van der Waals surface area (Å²) in [6, 6.07) is 6.28. The van der Waals surface area contributed by atoms with E-state index in [0.717, 1.165) is 22.7 Å². The monoisotopic (exact) mass is 272 g/mol. The van der Waals surface area contributed by atoms with Gasteiger partial charge in [-0.05, 0) is 35.7 Å². The van der Waals surface area contributed by atoms with Gasteiger partial charge in [0.15, 0.2) is 0 Å². The number of nitrogens with one attached hydrogen (secondary N) is 1. The van der Waals surface area contributed by atoms with Gasteiger partial charge in [-0.1, -0.05) is 17.7 Å². The molecule has 0 amide bonds. The lowest BCUT2D eigenvalue weighted by atomic mass is 10.1. The van der Waals surface area contributed by atoms with Crippen LogP contribution in [-0.2, 0) is 6.42 Å². The Labute approximate surface area is 108 Å². The number of thiophene rings is 2. The first-order chi connectivity index (χ1) is 7.81. The number of nitrogens with two attached hydrogens (primary N) is 1. The molecule has 0 bridgehead atoms. The normalized spacial score (nSPS) is 12.9. The molecule has 0 aromatic carbocycles. The molecule has 0 aliphatic carbocycles. The maximum absolute atomic E-state index is 6.09. The predicted molar refractivity (Wildman–Crippen MR) is 72.0 cm³/mol. The minimum absolute atomic E-state index is 0.148. The Morgan fingerprint density at radius 1 is 1.31 bits per heavy atom. The van der Waals surface area contributed by atoms with Crippen LogP contribution in [0.2, 0.25) is 5.02 Å². The van der Waals surface area contributed by atoms with Crippen molar-refractivity contribution in [1.29, 1.82) is 0 Å². The molecule has 1 atom stereocenters. The van der Waals surface area contributed by atoms with Crippen molar-refractivity contribution in [1.82, 2.24) is 5.43 Å². The molecular formula is C11H13ClN2S2. The first-order valence-corrected chi connectivity index (χ1v) is 7.16. The van der Waals surface area contributed by atoms with Crippen LogP contribution in [0.3, 0.4) is 0 Å². The third-order valence-corrected chi connectivity index (χ3v) is 4.83. The summed E-state index contributed by atoms with van der Waals surface area (Å²) >= 11 is 9.52. The van der Waals surface area contributed by atoms with Crippen LogP contribution in [0.15, 0.2) is 29.0 Å². The van der Waals surface area contributed by atoms with Gasteiger partial charge in [-0.3, -0.25) is 11.3 Å². The molecule has 2 heterocycles. The Morgan fingerprint density at radius 3 is 2.75 bits per heavy atom. The summed E-state index contributed by atoms with van der Waals surface area (Å²) in [5.41, 5.74) is 2.84. The molecule has 0 radical (unpaired) electrons. The number of rotatable bonds is 5. The molecule has 16 heavy (non-hydrogen) atoms. The molecule has 2 rings (SSSR count). The Hall–Kier alpha value is -0.390. The first kappa shape index (κ1) is 12.1. The second-order valence-corrected chi connectivity index (χ2v) is 5.86. The second-order valence-electron chi connectivity index (χ2n) is 3.47. The van der Waals surface area contributed by atoms with Gasteiger partial charge < -0.3 is 0 Å². The van der Waals surface area contributed by atoms with E-state index in [2.05, 4.69) is 22.9 Å². The smallest absolute Gasteiger partial charge is 0.0571 e. The van der Waals surface area contributed by atoms with Crippen LogP contribution in [0.5, 0.6) is 0 Å². The SMILES string of the molecule is NNC(CCc1cccs1)c1sccc1Cl. The maximum Gasteiger partial charge on any atom is 0.0571 e. The van der Waals surface area contributed by atoms with E-state index < -0.39 is 0 Å². The van der Waals surface area contributed by atoms with Crippen molar-refractivity contribution in [3.63, 3.8) is 0 Å². The summed E-state index contributed by atoms with van der Waals surface area (Å²) in [6.07, 6.45) is 2.00. The highest BCUT2D eigenvalue weighted by Gasteiger charge is 2.14. The highest BCUT2D eigenvalue weighted by molar-refractivity contribution is 7.10. The molecule has 5 heteroatoms. The zero-order chi connectivity index (χ0) is 11.4. The van der Waals surface area contributed by atoms with Crippen molar-refractivity contribution in [2.75, 3.05) is 0 Å². The molecule has 0 aliphatic rings. The largest absolute Gasteiger partial charge is 0.271 e. The Kier molecular flexibility index (Phi) is 4.37. The van der Waals surface area contributed by atoms with Gasteiger partial charge >= 0.3 is 0 Å². The van der Waals surface area contributed by atoms with Gasteiger partial charge in [-0.2, -0.15) is 0 Å². The van der Waals surface area contributed by atoms with E-state index in [1.165, 1.54) is 4.88 Å². The average molecular weight is 273 g/mol. The first-order valence-electron chi connectivity index (χ1n) is 5.02. The van der Waals surface area contributed by atoms with Gasteiger partial charge in [0.05, 0.1) is 11.1 Å². The van der Waals surface area contributed by atoms with E-state index in [-0.39, 0.29) is 6.04 Å². The van der Waals surface area contributed by atoms with E-state index in [9.17, 15) is 0 Å². The van der Waals surface area contributed by atoms with Crippen molar-refractivity contribution < 1.29 is 0 Å². The summed E-state index contributed by atoms with van der Waals surface area (Å²) in [6.45, 7) is 0. The quantitative estimate of drug-likeness (QED) is 0.645. The highest BCUT2D eigenvalue weighted by Crippen LogP contribution is 2.31. The third-order valence-electron chi connectivity index (χ3n) is 2.42. The fourth-order valence-corrected chi connectivity index (χ4v) is 3.59. The van der Waals surface area contributed by atoms with Gasteiger partial charge in [0, 0.05) is 9.75 Å². The van der Waals surface area contributed by atoms with E-state index in [0.29, 0.717) is 0 Å². The molecule has 0 saturated heterocycles. The molecule has 2 aromatic heterocycles. The fourth-order valence-electron chi connectivity index (χ4n) is 1.59. The average Bonchev–Trinajstić information content (AvgIpc) is 2.92. The zero-order valence-electron chi connectivity index (χ0n) is 8.65. The van der Waals surface area contributed by atoms with Crippen LogP contribution < -0.4 is 11.3 Å². The zero-order valence-corrected chi connectivity index (χ0v) is 11.0. The second kappa shape index (κ2) is 5.80. The van der Waals surface area contributed by atoms with Crippen LogP contribution in [0.1, 0.15) is 22.2 Å². The van der Waals surface area contributed by atoms with E-state index >= 15 is 0 Å². The summed E-state index contributed by atoms with van der Waals surface area (Å²) in [5, 5.41) is 4.89. The van der Waals surface area contributed by atoms with E-state index in [1.54, 1.807) is 22.7 Å².